The van der Waals surface area contributed by atoms with Gasteiger partial charge in [0.1, 0.15) is 0 Å². The summed E-state index contributed by atoms with van der Waals surface area (Å²) in [6, 6.07) is 10.3. The second kappa shape index (κ2) is 3.04. The molecule has 0 aliphatic heterocycles. The number of aryl methyl sites for hydroxylation is 2. The van der Waals surface area contributed by atoms with E-state index in [-0.39, 0.29) is 0 Å². The normalized spacial score (nSPS) is 10.7. The first-order valence-corrected chi connectivity index (χ1v) is 4.72. The molecule has 0 spiro atoms. The summed E-state index contributed by atoms with van der Waals surface area (Å²) in [6.07, 6.45) is 0. The monoisotopic (exact) mass is 190 g/mol. The molecule has 13 heavy (non-hydrogen) atoms. The van der Waals surface area contributed by atoms with E-state index >= 15 is 0 Å². The first-order valence-electron chi connectivity index (χ1n) is 4.34. The van der Waals surface area contributed by atoms with Gasteiger partial charge in [0, 0.05) is 10.4 Å². The van der Waals surface area contributed by atoms with Crippen LogP contribution in [-0.4, -0.2) is 0 Å². The Hall–Kier alpha value is -1.01. The Morgan fingerprint density at radius 1 is 1.00 bits per heavy atom. The molecule has 0 atom stereocenters. The van der Waals surface area contributed by atoms with Crippen molar-refractivity contribution in [2.45, 2.75) is 13.8 Å². The van der Waals surface area contributed by atoms with Crippen LogP contribution in [0.2, 0.25) is 5.02 Å². The minimum Gasteiger partial charge on any atom is -0.0837 e. The third-order valence-corrected chi connectivity index (χ3v) is 2.77. The molecule has 1 heteroatoms. The standard InChI is InChI=1S/C12H11Cl/c1-8-6-10-4-3-5-12(13)11(10)7-9(8)2/h3-7H,1-2H3. The highest BCUT2D eigenvalue weighted by Crippen LogP contribution is 2.25. The van der Waals surface area contributed by atoms with Crippen molar-refractivity contribution in [3.63, 3.8) is 0 Å². The van der Waals surface area contributed by atoms with E-state index < -0.39 is 0 Å². The van der Waals surface area contributed by atoms with Crippen LogP contribution in [0.5, 0.6) is 0 Å². The predicted molar refractivity (Wildman–Crippen MR) is 58.4 cm³/mol. The summed E-state index contributed by atoms with van der Waals surface area (Å²) in [5.41, 5.74) is 2.61. The summed E-state index contributed by atoms with van der Waals surface area (Å²) < 4.78 is 0. The summed E-state index contributed by atoms with van der Waals surface area (Å²) in [4.78, 5) is 0. The predicted octanol–water partition coefficient (Wildman–Crippen LogP) is 4.11. The fraction of sp³-hybridized carbons (Fsp3) is 0.167. The van der Waals surface area contributed by atoms with Gasteiger partial charge in [0.2, 0.25) is 0 Å². The van der Waals surface area contributed by atoms with Crippen LogP contribution in [0.1, 0.15) is 11.1 Å². The molecule has 0 heterocycles. The number of rotatable bonds is 0. The van der Waals surface area contributed by atoms with Gasteiger partial charge in [-0.25, -0.2) is 0 Å². The lowest BCUT2D eigenvalue weighted by Crippen LogP contribution is -1.82. The Morgan fingerprint density at radius 3 is 2.46 bits per heavy atom. The fourth-order valence-electron chi connectivity index (χ4n) is 1.51. The molecule has 2 rings (SSSR count). The Morgan fingerprint density at radius 2 is 1.69 bits per heavy atom. The highest BCUT2D eigenvalue weighted by Gasteiger charge is 2.00. The van der Waals surface area contributed by atoms with E-state index in [4.69, 9.17) is 11.6 Å². The van der Waals surface area contributed by atoms with Crippen molar-refractivity contribution < 1.29 is 0 Å². The molecule has 0 saturated carbocycles. The Balaban J connectivity index is 2.89. The van der Waals surface area contributed by atoms with Crippen molar-refractivity contribution in [2.75, 3.05) is 0 Å². The summed E-state index contributed by atoms with van der Waals surface area (Å²) in [6.45, 7) is 4.23. The van der Waals surface area contributed by atoms with Crippen molar-refractivity contribution in [3.05, 3.63) is 46.5 Å². The van der Waals surface area contributed by atoms with Crippen LogP contribution in [0.25, 0.3) is 10.8 Å². The zero-order valence-corrected chi connectivity index (χ0v) is 8.52. The Bertz CT molecular complexity index is 458. The van der Waals surface area contributed by atoms with E-state index in [1.54, 1.807) is 0 Å². The summed E-state index contributed by atoms with van der Waals surface area (Å²) in [5.74, 6) is 0. The van der Waals surface area contributed by atoms with Crippen LogP contribution in [-0.2, 0) is 0 Å². The molecule has 0 amide bonds. The van der Waals surface area contributed by atoms with Gasteiger partial charge in [-0.05, 0) is 42.5 Å². The molecule has 0 saturated heterocycles. The topological polar surface area (TPSA) is 0 Å². The van der Waals surface area contributed by atoms with Gasteiger partial charge in [-0.2, -0.15) is 0 Å². The summed E-state index contributed by atoms with van der Waals surface area (Å²) in [7, 11) is 0. The molecular weight excluding hydrogens is 180 g/mol. The van der Waals surface area contributed by atoms with E-state index in [0.29, 0.717) is 0 Å². The molecule has 2 aromatic rings. The number of hydrogen-bond acceptors (Lipinski definition) is 0. The molecule has 0 nitrogen and oxygen atoms in total. The number of fused-ring (bicyclic) bond motifs is 1. The molecule has 0 fully saturated rings. The van der Waals surface area contributed by atoms with Crippen molar-refractivity contribution in [3.8, 4) is 0 Å². The minimum absolute atomic E-state index is 0.834. The van der Waals surface area contributed by atoms with Gasteiger partial charge in [0.25, 0.3) is 0 Å². The van der Waals surface area contributed by atoms with E-state index in [0.717, 1.165) is 10.4 Å². The lowest BCUT2D eigenvalue weighted by Gasteiger charge is -2.04. The van der Waals surface area contributed by atoms with Crippen LogP contribution in [0.15, 0.2) is 30.3 Å². The third-order valence-electron chi connectivity index (χ3n) is 2.44. The molecule has 0 N–H and O–H groups in total. The SMILES string of the molecule is Cc1cc2cccc(Cl)c2cc1C. The molecule has 0 bridgehead atoms. The summed E-state index contributed by atoms with van der Waals surface area (Å²) >= 11 is 6.08. The van der Waals surface area contributed by atoms with Crippen molar-refractivity contribution in [1.29, 1.82) is 0 Å². The van der Waals surface area contributed by atoms with Gasteiger partial charge in [0.15, 0.2) is 0 Å². The van der Waals surface area contributed by atoms with Crippen LogP contribution in [0, 0.1) is 13.8 Å². The third kappa shape index (κ3) is 1.42. The van der Waals surface area contributed by atoms with Crippen LogP contribution in [0.3, 0.4) is 0 Å². The van der Waals surface area contributed by atoms with Crippen molar-refractivity contribution in [1.82, 2.24) is 0 Å². The second-order valence-electron chi connectivity index (χ2n) is 3.40. The Labute approximate surface area is 83.1 Å². The molecule has 0 radical (unpaired) electrons. The molecule has 66 valence electrons. The van der Waals surface area contributed by atoms with Gasteiger partial charge >= 0.3 is 0 Å². The number of benzene rings is 2. The fourth-order valence-corrected chi connectivity index (χ4v) is 1.75. The molecule has 0 aromatic heterocycles. The Kier molecular flexibility index (Phi) is 2.01. The highest BCUT2D eigenvalue weighted by atomic mass is 35.5. The lowest BCUT2D eigenvalue weighted by molar-refractivity contribution is 1.37. The zero-order chi connectivity index (χ0) is 9.42. The van der Waals surface area contributed by atoms with Crippen molar-refractivity contribution in [2.24, 2.45) is 0 Å². The average molecular weight is 191 g/mol. The van der Waals surface area contributed by atoms with Gasteiger partial charge in [-0.3, -0.25) is 0 Å². The molecule has 0 unspecified atom stereocenters. The first-order chi connectivity index (χ1) is 6.18. The van der Waals surface area contributed by atoms with E-state index in [1.807, 2.05) is 12.1 Å². The number of hydrogen-bond donors (Lipinski definition) is 0. The molecule has 2 aromatic carbocycles. The van der Waals surface area contributed by atoms with Gasteiger partial charge in [-0.15, -0.1) is 0 Å². The van der Waals surface area contributed by atoms with Gasteiger partial charge in [0.05, 0.1) is 0 Å². The lowest BCUT2D eigenvalue weighted by atomic mass is 10.0. The van der Waals surface area contributed by atoms with Gasteiger partial charge in [-0.1, -0.05) is 29.8 Å². The van der Waals surface area contributed by atoms with Crippen molar-refractivity contribution >= 4 is 22.4 Å². The quantitative estimate of drug-likeness (QED) is 0.587. The highest BCUT2D eigenvalue weighted by molar-refractivity contribution is 6.35. The molecular formula is C12H11Cl. The second-order valence-corrected chi connectivity index (χ2v) is 3.80. The molecule has 0 aliphatic carbocycles. The molecule has 0 aliphatic rings. The largest absolute Gasteiger partial charge is 0.0837 e. The van der Waals surface area contributed by atoms with E-state index in [9.17, 15) is 0 Å². The summed E-state index contributed by atoms with van der Waals surface area (Å²) in [5, 5.41) is 3.20. The maximum Gasteiger partial charge on any atom is 0.0484 e. The first kappa shape index (κ1) is 8.58. The van der Waals surface area contributed by atoms with E-state index in [1.165, 1.54) is 16.5 Å². The van der Waals surface area contributed by atoms with E-state index in [2.05, 4.69) is 32.0 Å². The van der Waals surface area contributed by atoms with Crippen LogP contribution in [0.4, 0.5) is 0 Å². The number of halogens is 1. The average Bonchev–Trinajstić information content (AvgIpc) is 2.09. The van der Waals surface area contributed by atoms with Crippen LogP contribution < -0.4 is 0 Å². The van der Waals surface area contributed by atoms with Crippen LogP contribution >= 0.6 is 11.6 Å². The maximum atomic E-state index is 6.08. The van der Waals surface area contributed by atoms with Gasteiger partial charge < -0.3 is 0 Å². The smallest absolute Gasteiger partial charge is 0.0484 e. The minimum atomic E-state index is 0.834. The maximum absolute atomic E-state index is 6.08. The zero-order valence-electron chi connectivity index (χ0n) is 7.76.